The number of carbonyl (C=O) groups is 1. The Hall–Kier alpha value is -1.10. The fourth-order valence-corrected chi connectivity index (χ4v) is 2.19. The van der Waals surface area contributed by atoms with Crippen molar-refractivity contribution in [2.75, 3.05) is 11.9 Å². The van der Waals surface area contributed by atoms with Crippen LogP contribution in [0.2, 0.25) is 0 Å². The lowest BCUT2D eigenvalue weighted by atomic mass is 10.2. The van der Waals surface area contributed by atoms with E-state index in [9.17, 15) is 4.79 Å². The molecule has 0 saturated heterocycles. The van der Waals surface area contributed by atoms with Gasteiger partial charge >= 0.3 is 5.97 Å². The molecule has 15 heavy (non-hydrogen) atoms. The molecule has 1 aromatic rings. The molecule has 4 nitrogen and oxygen atoms in total. The van der Waals surface area contributed by atoms with Crippen LogP contribution in [0.5, 0.6) is 0 Å². The summed E-state index contributed by atoms with van der Waals surface area (Å²) in [4.78, 5) is 11.7. The Balaban J connectivity index is 2.18. The van der Waals surface area contributed by atoms with Gasteiger partial charge in [-0.05, 0) is 38.2 Å². The van der Waals surface area contributed by atoms with Gasteiger partial charge in [0, 0.05) is 6.04 Å². The first-order chi connectivity index (χ1) is 7.22. The zero-order valence-corrected chi connectivity index (χ0v) is 9.69. The van der Waals surface area contributed by atoms with Crippen molar-refractivity contribution in [1.29, 1.82) is 0 Å². The number of esters is 1. The van der Waals surface area contributed by atoms with Crippen molar-refractivity contribution < 1.29 is 9.53 Å². The number of hydrogen-bond acceptors (Lipinski definition) is 5. The van der Waals surface area contributed by atoms with Crippen LogP contribution >= 0.6 is 11.5 Å². The molecule has 1 aliphatic carbocycles. The monoisotopic (exact) mass is 226 g/mol. The van der Waals surface area contributed by atoms with Gasteiger partial charge in [-0.2, -0.15) is 4.37 Å². The SMILES string of the molecule is CCOC(=O)c1c(C)nsc1NC1CC1. The van der Waals surface area contributed by atoms with Crippen molar-refractivity contribution in [3.05, 3.63) is 11.3 Å². The van der Waals surface area contributed by atoms with Crippen LogP contribution in [-0.4, -0.2) is 23.0 Å². The van der Waals surface area contributed by atoms with E-state index in [1.165, 1.54) is 24.4 Å². The number of ether oxygens (including phenoxy) is 1. The second-order valence-electron chi connectivity index (χ2n) is 3.61. The Morgan fingerprint density at radius 1 is 1.67 bits per heavy atom. The number of nitrogens with zero attached hydrogens (tertiary/aromatic N) is 1. The molecule has 0 unspecified atom stereocenters. The topological polar surface area (TPSA) is 51.2 Å². The highest BCUT2D eigenvalue weighted by molar-refractivity contribution is 7.10. The van der Waals surface area contributed by atoms with Crippen LogP contribution in [0.15, 0.2) is 0 Å². The van der Waals surface area contributed by atoms with Crippen molar-refractivity contribution in [1.82, 2.24) is 4.37 Å². The lowest BCUT2D eigenvalue weighted by Crippen LogP contribution is -2.09. The van der Waals surface area contributed by atoms with E-state index in [0.29, 0.717) is 18.2 Å². The first-order valence-corrected chi connectivity index (χ1v) is 5.89. The van der Waals surface area contributed by atoms with Gasteiger partial charge in [0.25, 0.3) is 0 Å². The molecule has 1 saturated carbocycles. The van der Waals surface area contributed by atoms with Gasteiger partial charge in [0.1, 0.15) is 10.6 Å². The quantitative estimate of drug-likeness (QED) is 0.800. The Bertz CT molecular complexity index is 371. The van der Waals surface area contributed by atoms with Crippen LogP contribution in [0.3, 0.4) is 0 Å². The fourth-order valence-electron chi connectivity index (χ4n) is 1.32. The number of hydrogen-bond donors (Lipinski definition) is 1. The van der Waals surface area contributed by atoms with Gasteiger partial charge < -0.3 is 10.1 Å². The van der Waals surface area contributed by atoms with Crippen molar-refractivity contribution in [3.8, 4) is 0 Å². The summed E-state index contributed by atoms with van der Waals surface area (Å²) in [6.07, 6.45) is 2.36. The largest absolute Gasteiger partial charge is 0.462 e. The van der Waals surface area contributed by atoms with Gasteiger partial charge in [-0.3, -0.25) is 0 Å². The molecule has 0 amide bonds. The van der Waals surface area contributed by atoms with Crippen LogP contribution in [0, 0.1) is 6.92 Å². The standard InChI is InChI=1S/C10H14N2O2S/c1-3-14-10(13)8-6(2)12-15-9(8)11-7-4-5-7/h7,11H,3-5H2,1-2H3. The molecule has 0 aromatic carbocycles. The molecule has 1 N–H and O–H groups in total. The molecule has 0 spiro atoms. The van der Waals surface area contributed by atoms with Crippen molar-refractivity contribution >= 4 is 22.5 Å². The van der Waals surface area contributed by atoms with E-state index in [1.54, 1.807) is 6.92 Å². The molecule has 1 aromatic heterocycles. The maximum absolute atomic E-state index is 11.7. The first kappa shape index (κ1) is 10.4. The van der Waals surface area contributed by atoms with E-state index in [0.717, 1.165) is 10.7 Å². The zero-order chi connectivity index (χ0) is 10.8. The van der Waals surface area contributed by atoms with Gasteiger partial charge in [-0.1, -0.05) is 0 Å². The molecule has 0 atom stereocenters. The van der Waals surface area contributed by atoms with E-state index >= 15 is 0 Å². The van der Waals surface area contributed by atoms with E-state index in [2.05, 4.69) is 9.69 Å². The number of aromatic nitrogens is 1. The van der Waals surface area contributed by atoms with Crippen LogP contribution in [0.4, 0.5) is 5.00 Å². The average molecular weight is 226 g/mol. The summed E-state index contributed by atoms with van der Waals surface area (Å²) >= 11 is 1.34. The van der Waals surface area contributed by atoms with E-state index in [-0.39, 0.29) is 5.97 Å². The second-order valence-corrected chi connectivity index (χ2v) is 4.38. The Morgan fingerprint density at radius 2 is 2.40 bits per heavy atom. The minimum atomic E-state index is -0.271. The van der Waals surface area contributed by atoms with Gasteiger partial charge in [0.2, 0.25) is 0 Å². The molecule has 2 rings (SSSR count). The highest BCUT2D eigenvalue weighted by Crippen LogP contribution is 2.31. The lowest BCUT2D eigenvalue weighted by molar-refractivity contribution is 0.0527. The fraction of sp³-hybridized carbons (Fsp3) is 0.600. The molecule has 82 valence electrons. The minimum absolute atomic E-state index is 0.271. The van der Waals surface area contributed by atoms with Crippen molar-refractivity contribution in [2.24, 2.45) is 0 Å². The molecule has 5 heteroatoms. The number of aryl methyl sites for hydroxylation is 1. The lowest BCUT2D eigenvalue weighted by Gasteiger charge is -2.05. The van der Waals surface area contributed by atoms with Crippen LogP contribution in [0.1, 0.15) is 35.8 Å². The highest BCUT2D eigenvalue weighted by Gasteiger charge is 2.26. The normalized spacial score (nSPS) is 15.1. The highest BCUT2D eigenvalue weighted by atomic mass is 32.1. The number of nitrogens with one attached hydrogen (secondary N) is 1. The second kappa shape index (κ2) is 4.18. The number of anilines is 1. The third kappa shape index (κ3) is 2.28. The third-order valence-electron chi connectivity index (χ3n) is 2.25. The molecular weight excluding hydrogens is 212 g/mol. The molecule has 0 bridgehead atoms. The summed E-state index contributed by atoms with van der Waals surface area (Å²) in [5, 5.41) is 4.15. The predicted molar refractivity (Wildman–Crippen MR) is 59.5 cm³/mol. The summed E-state index contributed by atoms with van der Waals surface area (Å²) in [6.45, 7) is 4.04. The maximum Gasteiger partial charge on any atom is 0.343 e. The number of rotatable bonds is 4. The average Bonchev–Trinajstić information content (AvgIpc) is 2.91. The number of carbonyl (C=O) groups excluding carboxylic acids is 1. The van der Waals surface area contributed by atoms with Gasteiger partial charge in [0.05, 0.1) is 12.3 Å². The summed E-state index contributed by atoms with van der Waals surface area (Å²) in [7, 11) is 0. The van der Waals surface area contributed by atoms with Crippen LogP contribution < -0.4 is 5.32 Å². The molecule has 0 radical (unpaired) electrons. The smallest absolute Gasteiger partial charge is 0.343 e. The Morgan fingerprint density at radius 3 is 3.00 bits per heavy atom. The van der Waals surface area contributed by atoms with Gasteiger partial charge in [0.15, 0.2) is 0 Å². The third-order valence-corrected chi connectivity index (χ3v) is 3.12. The molecule has 0 aliphatic heterocycles. The molecule has 1 aliphatic rings. The van der Waals surface area contributed by atoms with E-state index in [4.69, 9.17) is 4.74 Å². The zero-order valence-electron chi connectivity index (χ0n) is 8.87. The molecule has 1 fully saturated rings. The minimum Gasteiger partial charge on any atom is -0.462 e. The van der Waals surface area contributed by atoms with Crippen LogP contribution in [0.25, 0.3) is 0 Å². The summed E-state index contributed by atoms with van der Waals surface area (Å²) in [6, 6.07) is 0.526. The summed E-state index contributed by atoms with van der Waals surface area (Å²) in [5.41, 5.74) is 1.36. The van der Waals surface area contributed by atoms with E-state index < -0.39 is 0 Å². The van der Waals surface area contributed by atoms with Crippen LogP contribution in [-0.2, 0) is 4.74 Å². The van der Waals surface area contributed by atoms with Gasteiger partial charge in [-0.15, -0.1) is 0 Å². The molecular formula is C10H14N2O2S. The maximum atomic E-state index is 11.7. The van der Waals surface area contributed by atoms with Gasteiger partial charge in [-0.25, -0.2) is 4.79 Å². The van der Waals surface area contributed by atoms with E-state index in [1.807, 2.05) is 6.92 Å². The summed E-state index contributed by atoms with van der Waals surface area (Å²) < 4.78 is 9.18. The van der Waals surface area contributed by atoms with Crippen molar-refractivity contribution in [2.45, 2.75) is 32.7 Å². The molecule has 1 heterocycles. The Labute approximate surface area is 92.8 Å². The van der Waals surface area contributed by atoms with Crippen molar-refractivity contribution in [3.63, 3.8) is 0 Å². The Kier molecular flexibility index (Phi) is 2.90. The predicted octanol–water partition coefficient (Wildman–Crippen LogP) is 2.20. The first-order valence-electron chi connectivity index (χ1n) is 5.12. The summed E-state index contributed by atoms with van der Waals surface area (Å²) in [5.74, 6) is -0.271.